The van der Waals surface area contributed by atoms with E-state index < -0.39 is 9.84 Å². The van der Waals surface area contributed by atoms with Crippen LogP contribution in [0.25, 0.3) is 10.9 Å². The summed E-state index contributed by atoms with van der Waals surface area (Å²) >= 11 is 0. The second kappa shape index (κ2) is 10.0. The van der Waals surface area contributed by atoms with Crippen LogP contribution in [0.15, 0.2) is 49.2 Å². The minimum atomic E-state index is -2.93. The molecule has 34 heavy (non-hydrogen) atoms. The van der Waals surface area contributed by atoms with Crippen molar-refractivity contribution in [2.45, 2.75) is 26.3 Å². The number of fused-ring (bicyclic) bond motifs is 2. The number of rotatable bonds is 10. The van der Waals surface area contributed by atoms with Crippen LogP contribution in [0.2, 0.25) is 0 Å². The van der Waals surface area contributed by atoms with E-state index in [-0.39, 0.29) is 5.75 Å². The molecule has 1 aliphatic heterocycles. The number of nitrogens with one attached hydrogen (secondary N) is 1. The Bertz CT molecular complexity index is 1300. The Morgan fingerprint density at radius 1 is 1.09 bits per heavy atom. The highest BCUT2D eigenvalue weighted by Crippen LogP contribution is 2.35. The van der Waals surface area contributed by atoms with Crippen molar-refractivity contribution >= 4 is 32.1 Å². The molecule has 4 rings (SSSR count). The number of ether oxygens (including phenoxy) is 2. The molecule has 0 spiro atoms. The molecular weight excluding hydrogens is 450 g/mol. The smallest absolute Gasteiger partial charge is 0.163 e. The minimum Gasteiger partial charge on any atom is -0.486 e. The van der Waals surface area contributed by atoms with E-state index in [1.54, 1.807) is 0 Å². The molecule has 2 heterocycles. The van der Waals surface area contributed by atoms with Gasteiger partial charge in [-0.25, -0.2) is 8.42 Å². The molecule has 0 bridgehead atoms. The molecule has 0 radical (unpaired) electrons. The first kappa shape index (κ1) is 24.0. The normalized spacial score (nSPS) is 13.1. The molecule has 0 unspecified atom stereocenters. The quantitative estimate of drug-likeness (QED) is 0.419. The molecule has 0 atom stereocenters. The van der Waals surface area contributed by atoms with Gasteiger partial charge in [0, 0.05) is 66.2 Å². The summed E-state index contributed by atoms with van der Waals surface area (Å²) in [5.41, 5.74) is 5.55. The zero-order valence-corrected chi connectivity index (χ0v) is 21.0. The Morgan fingerprint density at radius 3 is 2.53 bits per heavy atom. The van der Waals surface area contributed by atoms with Crippen LogP contribution in [-0.2, 0) is 23.4 Å². The van der Waals surface area contributed by atoms with Crippen molar-refractivity contribution in [3.63, 3.8) is 0 Å². The summed E-state index contributed by atoms with van der Waals surface area (Å²) in [6.07, 6.45) is 4.59. The van der Waals surface area contributed by atoms with Crippen LogP contribution in [0.5, 0.6) is 11.5 Å². The molecule has 1 N–H and O–H groups in total. The fourth-order valence-corrected chi connectivity index (χ4v) is 5.06. The molecule has 0 aliphatic carbocycles. The van der Waals surface area contributed by atoms with Crippen LogP contribution in [-0.4, -0.2) is 49.7 Å². The number of benzene rings is 2. The van der Waals surface area contributed by atoms with Crippen molar-refractivity contribution < 1.29 is 17.9 Å². The van der Waals surface area contributed by atoms with E-state index in [1.807, 2.05) is 24.4 Å². The summed E-state index contributed by atoms with van der Waals surface area (Å²) in [6, 6.07) is 12.3. The summed E-state index contributed by atoms with van der Waals surface area (Å²) in [6.45, 7) is 8.73. The summed E-state index contributed by atoms with van der Waals surface area (Å²) in [5.74, 6) is 1.75. The van der Waals surface area contributed by atoms with E-state index in [1.165, 1.54) is 28.4 Å². The van der Waals surface area contributed by atoms with Crippen LogP contribution in [0.1, 0.15) is 24.1 Å². The third kappa shape index (κ3) is 5.50. The number of aryl methyl sites for hydroxylation is 1. The van der Waals surface area contributed by atoms with E-state index in [0.717, 1.165) is 42.4 Å². The van der Waals surface area contributed by atoms with E-state index in [2.05, 4.69) is 53.5 Å². The standard InChI is InChI=1S/C26H33N3O4S/c1-5-29(12-6-7-15-34(4,30)31)18-23-19(2)28(3)24-10-8-20(16-22(23)24)27-21-9-11-25-26(17-21)33-14-13-32-25/h5,8-11,16-17,27H,1,6-7,12-15,18H2,2-4H3. The van der Waals surface area contributed by atoms with Crippen LogP contribution in [0, 0.1) is 6.92 Å². The molecule has 2 aromatic carbocycles. The lowest BCUT2D eigenvalue weighted by Gasteiger charge is -2.20. The number of aromatic nitrogens is 1. The van der Waals surface area contributed by atoms with Gasteiger partial charge in [0.15, 0.2) is 11.5 Å². The molecule has 3 aromatic rings. The number of nitrogens with zero attached hydrogens (tertiary/aromatic N) is 2. The Kier molecular flexibility index (Phi) is 7.07. The third-order valence-electron chi connectivity index (χ3n) is 6.28. The Morgan fingerprint density at radius 2 is 1.79 bits per heavy atom. The highest BCUT2D eigenvalue weighted by Gasteiger charge is 2.16. The fourth-order valence-electron chi connectivity index (χ4n) is 4.33. The molecule has 0 amide bonds. The van der Waals surface area contributed by atoms with Gasteiger partial charge in [-0.3, -0.25) is 0 Å². The van der Waals surface area contributed by atoms with Crippen LogP contribution >= 0.6 is 0 Å². The van der Waals surface area contributed by atoms with Crippen molar-refractivity contribution in [1.82, 2.24) is 9.47 Å². The first-order valence-electron chi connectivity index (χ1n) is 11.5. The van der Waals surface area contributed by atoms with Gasteiger partial charge in [-0.15, -0.1) is 0 Å². The minimum absolute atomic E-state index is 0.222. The van der Waals surface area contributed by atoms with Gasteiger partial charge < -0.3 is 24.3 Å². The van der Waals surface area contributed by atoms with Gasteiger partial charge in [-0.1, -0.05) is 6.58 Å². The van der Waals surface area contributed by atoms with Crippen LogP contribution in [0.4, 0.5) is 11.4 Å². The van der Waals surface area contributed by atoms with Crippen molar-refractivity contribution in [2.24, 2.45) is 7.05 Å². The van der Waals surface area contributed by atoms with Gasteiger partial charge in [0.2, 0.25) is 0 Å². The van der Waals surface area contributed by atoms with Crippen LogP contribution < -0.4 is 14.8 Å². The largest absolute Gasteiger partial charge is 0.486 e. The molecule has 7 nitrogen and oxygen atoms in total. The topological polar surface area (TPSA) is 72.8 Å². The SMILES string of the molecule is C=CN(CCCCS(C)(=O)=O)Cc1c(C)n(C)c2ccc(Nc3ccc4c(c3)OCCO4)cc12. The average Bonchev–Trinajstić information content (AvgIpc) is 3.04. The highest BCUT2D eigenvalue weighted by molar-refractivity contribution is 7.90. The van der Waals surface area contributed by atoms with Crippen molar-refractivity contribution in [3.05, 3.63) is 60.4 Å². The monoisotopic (exact) mass is 483 g/mol. The Labute approximate surface area is 201 Å². The molecule has 8 heteroatoms. The zero-order valence-electron chi connectivity index (χ0n) is 20.1. The van der Waals surface area contributed by atoms with Gasteiger partial charge in [-0.05, 0) is 61.9 Å². The number of hydrogen-bond donors (Lipinski definition) is 1. The first-order valence-corrected chi connectivity index (χ1v) is 13.6. The van der Waals surface area contributed by atoms with Gasteiger partial charge in [-0.2, -0.15) is 0 Å². The summed E-state index contributed by atoms with van der Waals surface area (Å²) in [5, 5.41) is 4.68. The lowest BCUT2D eigenvalue weighted by molar-refractivity contribution is 0.171. The van der Waals surface area contributed by atoms with Crippen molar-refractivity contribution in [2.75, 3.05) is 37.1 Å². The fraction of sp³-hybridized carbons (Fsp3) is 0.385. The number of anilines is 2. The van der Waals surface area contributed by atoms with Crippen molar-refractivity contribution in [3.8, 4) is 11.5 Å². The van der Waals surface area contributed by atoms with Gasteiger partial charge in [0.05, 0.1) is 0 Å². The summed E-state index contributed by atoms with van der Waals surface area (Å²) in [4.78, 5) is 2.16. The molecule has 0 fully saturated rings. The molecule has 0 saturated heterocycles. The molecular formula is C26H33N3O4S. The van der Waals surface area contributed by atoms with Crippen molar-refractivity contribution in [1.29, 1.82) is 0 Å². The average molecular weight is 484 g/mol. The van der Waals surface area contributed by atoms with Gasteiger partial charge in [0.1, 0.15) is 23.1 Å². The zero-order chi connectivity index (χ0) is 24.3. The summed E-state index contributed by atoms with van der Waals surface area (Å²) < 4.78 is 36.4. The van der Waals surface area contributed by atoms with E-state index in [4.69, 9.17) is 9.47 Å². The third-order valence-corrected chi connectivity index (χ3v) is 7.31. The Hall–Kier alpha value is -3.13. The first-order chi connectivity index (χ1) is 16.2. The second-order valence-electron chi connectivity index (χ2n) is 8.83. The summed E-state index contributed by atoms with van der Waals surface area (Å²) in [7, 11) is -0.842. The lowest BCUT2D eigenvalue weighted by atomic mass is 10.1. The molecule has 182 valence electrons. The predicted molar refractivity (Wildman–Crippen MR) is 138 cm³/mol. The van der Waals surface area contributed by atoms with Crippen LogP contribution in [0.3, 0.4) is 0 Å². The van der Waals surface area contributed by atoms with Gasteiger partial charge >= 0.3 is 0 Å². The number of sulfone groups is 1. The maximum atomic E-state index is 11.4. The Balaban J connectivity index is 1.53. The molecule has 1 aromatic heterocycles. The second-order valence-corrected chi connectivity index (χ2v) is 11.1. The maximum Gasteiger partial charge on any atom is 0.163 e. The molecule has 1 aliphatic rings. The van der Waals surface area contributed by atoms with E-state index >= 15 is 0 Å². The predicted octanol–water partition coefficient (Wildman–Crippen LogP) is 4.77. The maximum absolute atomic E-state index is 11.4. The highest BCUT2D eigenvalue weighted by atomic mass is 32.2. The lowest BCUT2D eigenvalue weighted by Crippen LogP contribution is -2.19. The number of unbranched alkanes of at least 4 members (excludes halogenated alkanes) is 1. The van der Waals surface area contributed by atoms with E-state index in [0.29, 0.717) is 19.6 Å². The molecule has 0 saturated carbocycles. The van der Waals surface area contributed by atoms with E-state index in [9.17, 15) is 8.42 Å². The van der Waals surface area contributed by atoms with Gasteiger partial charge in [0.25, 0.3) is 0 Å². The number of hydrogen-bond acceptors (Lipinski definition) is 6.